The molecule has 13 nitrogen and oxygen atoms in total. The summed E-state index contributed by atoms with van der Waals surface area (Å²) in [6.07, 6.45) is 0. The third kappa shape index (κ3) is 6.58. The first-order valence-electron chi connectivity index (χ1n) is 13.0. The summed E-state index contributed by atoms with van der Waals surface area (Å²) in [6.45, 7) is 0. The first kappa shape index (κ1) is 40.7. The van der Waals surface area contributed by atoms with Crippen LogP contribution in [-0.2, 0) is 0 Å². The molecule has 0 atom stereocenters. The van der Waals surface area contributed by atoms with Crippen LogP contribution in [0.5, 0.6) is 69.0 Å². The van der Waals surface area contributed by atoms with Gasteiger partial charge in [-0.05, 0) is 33.8 Å². The maximum Gasteiger partial charge on any atom is 2.00 e. The van der Waals surface area contributed by atoms with E-state index in [1.165, 1.54) is 85.3 Å². The molecule has 0 unspecified atom stereocenters. The molecule has 0 saturated carbocycles. The van der Waals surface area contributed by atoms with Crippen LogP contribution in [0, 0.1) is 0 Å². The Kier molecular flexibility index (Phi) is 15.5. The smallest absolute Gasteiger partial charge is 1.00 e. The predicted molar refractivity (Wildman–Crippen MR) is 168 cm³/mol. The minimum absolute atomic E-state index is 0. The molecule has 250 valence electrons. The molecule has 0 saturated heterocycles. The molecular formula is C30H39BrMgO13Si. The van der Waals surface area contributed by atoms with Crippen molar-refractivity contribution in [3.8, 4) is 69.0 Å². The van der Waals surface area contributed by atoms with Crippen LogP contribution in [0.3, 0.4) is 0 Å². The molecule has 0 radical (unpaired) electrons. The number of rotatable bonds is 15. The Morgan fingerprint density at radius 1 is 0.348 bits per heavy atom. The summed E-state index contributed by atoms with van der Waals surface area (Å²) in [4.78, 5) is 16.5. The van der Waals surface area contributed by atoms with Crippen molar-refractivity contribution >= 4 is 46.9 Å². The van der Waals surface area contributed by atoms with E-state index < -0.39 is 8.32 Å². The Morgan fingerprint density at radius 3 is 0.696 bits per heavy atom. The average Bonchev–Trinajstić information content (AvgIpc) is 3.07. The van der Waals surface area contributed by atoms with E-state index in [4.69, 9.17) is 56.8 Å². The van der Waals surface area contributed by atoms with Gasteiger partial charge < -0.3 is 78.6 Å². The number of hydrogen-bond acceptors (Lipinski definition) is 13. The maximum absolute atomic E-state index is 16.5. The second-order valence-corrected chi connectivity index (χ2v) is 11.8. The minimum Gasteiger partial charge on any atom is -1.00 e. The summed E-state index contributed by atoms with van der Waals surface area (Å²) in [5, 5.41) is 0.443. The van der Waals surface area contributed by atoms with Crippen molar-refractivity contribution in [1.82, 2.24) is 0 Å². The van der Waals surface area contributed by atoms with Gasteiger partial charge in [-0.1, -0.05) is 0 Å². The normalized spacial score (nSPS) is 10.4. The third-order valence-corrected chi connectivity index (χ3v) is 10.5. The van der Waals surface area contributed by atoms with Gasteiger partial charge in [0.1, 0.15) is 0 Å². The first-order chi connectivity index (χ1) is 21.2. The van der Waals surface area contributed by atoms with Gasteiger partial charge >= 0.3 is 23.1 Å². The van der Waals surface area contributed by atoms with E-state index in [9.17, 15) is 0 Å². The molecule has 3 aromatic carbocycles. The molecule has 0 aliphatic carbocycles. The zero-order valence-corrected chi connectivity index (χ0v) is 32.1. The van der Waals surface area contributed by atoms with Crippen LogP contribution >= 0.6 is 0 Å². The van der Waals surface area contributed by atoms with Gasteiger partial charge in [0.05, 0.1) is 93.6 Å². The van der Waals surface area contributed by atoms with E-state index in [1.54, 1.807) is 18.2 Å². The molecule has 0 amide bonds. The van der Waals surface area contributed by atoms with Crippen molar-refractivity contribution in [2.24, 2.45) is 0 Å². The summed E-state index contributed by atoms with van der Waals surface area (Å²) >= 11 is 0. The van der Waals surface area contributed by atoms with Crippen LogP contribution in [0.15, 0.2) is 18.2 Å². The number of halogens is 1. The SMILES string of the molecule is COc1cc([Si]([O-])(c2cc(OC)c(OC)c(OC)c2OC)c2cc(OC)c(OC)c(OC)c2OC)c(OC)c(OC)c1OC.[Br-].[Mg+2]. The molecule has 3 rings (SSSR count). The van der Waals surface area contributed by atoms with Crippen LogP contribution in [0.4, 0.5) is 0 Å². The molecule has 0 heterocycles. The van der Waals surface area contributed by atoms with Gasteiger partial charge in [-0.2, -0.15) is 0 Å². The van der Waals surface area contributed by atoms with Crippen molar-refractivity contribution in [3.05, 3.63) is 18.2 Å². The van der Waals surface area contributed by atoms with Crippen molar-refractivity contribution in [2.45, 2.75) is 0 Å². The van der Waals surface area contributed by atoms with Gasteiger partial charge in [-0.3, -0.25) is 0 Å². The summed E-state index contributed by atoms with van der Waals surface area (Å²) < 4.78 is 68.6. The van der Waals surface area contributed by atoms with Crippen molar-refractivity contribution in [3.63, 3.8) is 0 Å². The van der Waals surface area contributed by atoms with E-state index in [-0.39, 0.29) is 125 Å². The van der Waals surface area contributed by atoms with E-state index in [0.29, 0.717) is 0 Å². The van der Waals surface area contributed by atoms with Gasteiger partial charge in [-0.25, -0.2) is 0 Å². The fourth-order valence-corrected chi connectivity index (χ4v) is 8.70. The van der Waals surface area contributed by atoms with Crippen LogP contribution in [0.25, 0.3) is 0 Å². The Hall–Kier alpha value is -3.32. The summed E-state index contributed by atoms with van der Waals surface area (Å²) in [6, 6.07) is 4.64. The first-order valence-corrected chi connectivity index (χ1v) is 14.9. The van der Waals surface area contributed by atoms with Crippen molar-refractivity contribution < 1.29 is 78.6 Å². The Labute approximate surface area is 296 Å². The van der Waals surface area contributed by atoms with Crippen molar-refractivity contribution in [2.75, 3.05) is 85.3 Å². The van der Waals surface area contributed by atoms with E-state index in [0.717, 1.165) is 0 Å². The molecule has 0 bridgehead atoms. The Morgan fingerprint density at radius 2 is 0.543 bits per heavy atom. The molecule has 0 aromatic heterocycles. The fraction of sp³-hybridized carbons (Fsp3) is 0.400. The fourth-order valence-electron chi connectivity index (χ4n) is 5.22. The van der Waals surface area contributed by atoms with E-state index in [1.807, 2.05) is 0 Å². The monoisotopic (exact) mass is 738 g/mol. The average molecular weight is 740 g/mol. The molecule has 0 aliphatic rings. The zero-order chi connectivity index (χ0) is 32.8. The van der Waals surface area contributed by atoms with Crippen molar-refractivity contribution in [1.29, 1.82) is 0 Å². The van der Waals surface area contributed by atoms with Gasteiger partial charge in [0.25, 0.3) is 0 Å². The second-order valence-electron chi connectivity index (χ2n) is 8.86. The maximum atomic E-state index is 16.5. The predicted octanol–water partition coefficient (Wildman–Crippen LogP) is -2.26. The van der Waals surface area contributed by atoms with Crippen LogP contribution in [-0.4, -0.2) is 117 Å². The Balaban J connectivity index is 0.00000529. The Bertz CT molecular complexity index is 1320. The summed E-state index contributed by atoms with van der Waals surface area (Å²) in [7, 11) is 12.5. The molecule has 0 fully saturated rings. The second kappa shape index (κ2) is 17.6. The minimum atomic E-state index is -4.74. The molecule has 0 spiro atoms. The van der Waals surface area contributed by atoms with E-state index >= 15 is 4.80 Å². The summed E-state index contributed by atoms with van der Waals surface area (Å²) in [5.74, 6) is 2.00. The molecule has 46 heavy (non-hydrogen) atoms. The summed E-state index contributed by atoms with van der Waals surface area (Å²) in [5.41, 5.74) is 0. The van der Waals surface area contributed by atoms with Crippen LogP contribution < -0.4 is 94.2 Å². The molecule has 0 N–H and O–H groups in total. The van der Waals surface area contributed by atoms with Gasteiger partial charge in [-0.15, -0.1) is 0 Å². The van der Waals surface area contributed by atoms with Gasteiger partial charge in [0.2, 0.25) is 34.5 Å². The molecule has 16 heteroatoms. The number of ether oxygens (including phenoxy) is 12. The quantitative estimate of drug-likeness (QED) is 0.123. The standard InChI is InChI=1S/C30H39O13Si.BrH.Mg/c1-32-16-13-19(25(38-7)28(41-10)22(16)35-4)44(31,20-14-17(33-2)23(36-5)29(42-11)26(20)39-8)21-15-18(34-3)24(37-6)30(43-12)27(21)40-9;;/h13-15H,1-12H3;1H;/q-1;;+2/p-1. The van der Waals surface area contributed by atoms with E-state index in [2.05, 4.69) is 0 Å². The number of methoxy groups -OCH3 is 12. The van der Waals surface area contributed by atoms with Gasteiger partial charge in [0.15, 0.2) is 34.5 Å². The van der Waals surface area contributed by atoms with Gasteiger partial charge in [0, 0.05) is 0 Å². The topological polar surface area (TPSA) is 134 Å². The van der Waals surface area contributed by atoms with Crippen LogP contribution in [0.1, 0.15) is 0 Å². The molecule has 0 aliphatic heterocycles. The van der Waals surface area contributed by atoms with Crippen LogP contribution in [0.2, 0.25) is 0 Å². The molecular weight excluding hydrogens is 701 g/mol. The third-order valence-electron chi connectivity index (χ3n) is 7.10. The number of hydrogen-bond donors (Lipinski definition) is 0. The zero-order valence-electron chi connectivity index (χ0n) is 28.1. The largest absolute Gasteiger partial charge is 2.00 e. The number of benzene rings is 3. The molecule has 3 aromatic rings.